The molecule has 0 radical (unpaired) electrons. The van der Waals surface area contributed by atoms with E-state index in [1.54, 1.807) is 4.57 Å². The van der Waals surface area contributed by atoms with Gasteiger partial charge in [-0.15, -0.1) is 0 Å². The van der Waals surface area contributed by atoms with Gasteiger partial charge in [0.05, 0.1) is 18.6 Å². The van der Waals surface area contributed by atoms with Gasteiger partial charge < -0.3 is 14.6 Å². The Morgan fingerprint density at radius 3 is 2.58 bits per heavy atom. The number of rotatable bonds is 5. The van der Waals surface area contributed by atoms with Crippen LogP contribution in [0.3, 0.4) is 0 Å². The van der Waals surface area contributed by atoms with Gasteiger partial charge in [0.2, 0.25) is 5.91 Å². The van der Waals surface area contributed by atoms with Crippen molar-refractivity contribution < 1.29 is 9.53 Å². The van der Waals surface area contributed by atoms with Crippen LogP contribution in [0.5, 0.6) is 0 Å². The lowest BCUT2D eigenvalue weighted by molar-refractivity contribution is -0.127. The minimum atomic E-state index is -0.164. The van der Waals surface area contributed by atoms with E-state index in [4.69, 9.17) is 4.74 Å². The Bertz CT molecular complexity index is 1060. The summed E-state index contributed by atoms with van der Waals surface area (Å²) in [7, 11) is 0. The number of hydrogen-bond acceptors (Lipinski definition) is 4. The lowest BCUT2D eigenvalue weighted by Crippen LogP contribution is -2.39. The molecule has 6 nitrogen and oxygen atoms in total. The predicted molar refractivity (Wildman–Crippen MR) is 120 cm³/mol. The number of nitrogens with zero attached hydrogens (tertiary/aromatic N) is 2. The number of fused-ring (bicyclic) bond motifs is 1. The molecule has 4 aliphatic carbocycles. The Labute approximate surface area is 182 Å². The van der Waals surface area contributed by atoms with Crippen molar-refractivity contribution in [3.63, 3.8) is 0 Å². The van der Waals surface area contributed by atoms with Crippen molar-refractivity contribution in [3.8, 4) is 0 Å². The standard InChI is InChI=1S/C25H31N3O3/c29-23-21-2-1-3-22(20(21)4-5-28(23)7-6-27-8-10-31-11-9-27)26-24(30)25-15-17-12-18(16-25)14-19(25)13-17/h1-5,17-19H,6-16H2,(H,26,30)/t17-,18+,19?,25?. The van der Waals surface area contributed by atoms with Crippen LogP contribution in [-0.4, -0.2) is 48.2 Å². The minimum absolute atomic E-state index is 0.0147. The summed E-state index contributed by atoms with van der Waals surface area (Å²) in [6, 6.07) is 7.69. The molecular formula is C25H31N3O3. The van der Waals surface area contributed by atoms with Crippen molar-refractivity contribution in [2.75, 3.05) is 38.2 Å². The second kappa shape index (κ2) is 7.45. The van der Waals surface area contributed by atoms with E-state index < -0.39 is 0 Å². The predicted octanol–water partition coefficient (Wildman–Crippen LogP) is 3.10. The number of anilines is 1. The monoisotopic (exact) mass is 421 g/mol. The van der Waals surface area contributed by atoms with Crippen molar-refractivity contribution in [1.82, 2.24) is 9.47 Å². The van der Waals surface area contributed by atoms with Crippen molar-refractivity contribution in [2.24, 2.45) is 23.2 Å². The van der Waals surface area contributed by atoms with Crippen LogP contribution in [0, 0.1) is 23.2 Å². The van der Waals surface area contributed by atoms with Gasteiger partial charge >= 0.3 is 0 Å². The summed E-state index contributed by atoms with van der Waals surface area (Å²) in [4.78, 5) is 28.9. The summed E-state index contributed by atoms with van der Waals surface area (Å²) in [6.07, 6.45) is 7.77. The first-order chi connectivity index (χ1) is 15.1. The van der Waals surface area contributed by atoms with E-state index in [-0.39, 0.29) is 16.9 Å². The van der Waals surface area contributed by atoms with Crippen LogP contribution in [-0.2, 0) is 16.1 Å². The molecule has 1 aromatic carbocycles. The molecule has 1 amide bonds. The summed E-state index contributed by atoms with van der Waals surface area (Å²) < 4.78 is 7.20. The van der Waals surface area contributed by atoms with E-state index in [9.17, 15) is 9.59 Å². The number of hydrogen-bond donors (Lipinski definition) is 1. The van der Waals surface area contributed by atoms with E-state index in [1.165, 1.54) is 19.3 Å². The molecule has 1 aromatic heterocycles. The first-order valence-corrected chi connectivity index (χ1v) is 11.9. The zero-order valence-corrected chi connectivity index (χ0v) is 18.0. The first-order valence-electron chi connectivity index (χ1n) is 11.9. The molecule has 2 unspecified atom stereocenters. The van der Waals surface area contributed by atoms with Crippen molar-refractivity contribution in [3.05, 3.63) is 40.8 Å². The number of morpholine rings is 1. The van der Waals surface area contributed by atoms with Gasteiger partial charge in [-0.25, -0.2) is 0 Å². The molecule has 1 aliphatic heterocycles. The summed E-state index contributed by atoms with van der Waals surface area (Å²) in [5.41, 5.74) is 0.629. The maximum Gasteiger partial charge on any atom is 0.258 e. The molecule has 5 aliphatic rings. The molecule has 2 aromatic rings. The molecule has 0 spiro atoms. The number of ether oxygens (including phenoxy) is 1. The zero-order valence-electron chi connectivity index (χ0n) is 18.0. The van der Waals surface area contributed by atoms with Gasteiger partial charge in [0.15, 0.2) is 0 Å². The number of aromatic nitrogens is 1. The molecule has 31 heavy (non-hydrogen) atoms. The molecule has 2 heterocycles. The average molecular weight is 422 g/mol. The van der Waals surface area contributed by atoms with Gasteiger partial charge in [-0.2, -0.15) is 0 Å². The highest BCUT2D eigenvalue weighted by Gasteiger charge is 2.61. The quantitative estimate of drug-likeness (QED) is 0.806. The SMILES string of the molecule is O=C(Nc1cccc2c(=O)n(CCN3CCOCC3)ccc12)C12C[C@@H]3CC1C[C@@H](C3)C2. The zero-order chi connectivity index (χ0) is 21.0. The third-order valence-corrected chi connectivity index (χ3v) is 8.47. The van der Waals surface area contributed by atoms with Crippen LogP contribution >= 0.6 is 0 Å². The van der Waals surface area contributed by atoms with Gasteiger partial charge in [-0.1, -0.05) is 6.07 Å². The summed E-state index contributed by atoms with van der Waals surface area (Å²) in [6.45, 7) is 4.88. The molecule has 4 atom stereocenters. The van der Waals surface area contributed by atoms with Crippen molar-refractivity contribution >= 4 is 22.4 Å². The van der Waals surface area contributed by atoms with Crippen molar-refractivity contribution in [1.29, 1.82) is 0 Å². The Balaban J connectivity index is 1.23. The smallest absolute Gasteiger partial charge is 0.258 e. The maximum absolute atomic E-state index is 13.4. The highest BCUT2D eigenvalue weighted by Crippen LogP contribution is 2.65. The lowest BCUT2D eigenvalue weighted by Gasteiger charge is -2.31. The number of pyridine rings is 1. The minimum Gasteiger partial charge on any atom is -0.379 e. The van der Waals surface area contributed by atoms with Crippen LogP contribution in [0.1, 0.15) is 32.1 Å². The fourth-order valence-corrected chi connectivity index (χ4v) is 7.09. The normalized spacial score (nSPS) is 32.1. The second-order valence-electron chi connectivity index (χ2n) is 10.2. The number of carbonyl (C=O) groups excluding carboxylic acids is 1. The number of amides is 1. The molecule has 7 rings (SSSR count). The lowest BCUT2D eigenvalue weighted by atomic mass is 9.75. The van der Waals surface area contributed by atoms with E-state index in [1.807, 2.05) is 30.5 Å². The average Bonchev–Trinajstić information content (AvgIpc) is 3.19. The fraction of sp³-hybridized carbons (Fsp3) is 0.600. The number of benzene rings is 1. The van der Waals surface area contributed by atoms with Crippen LogP contribution in [0.15, 0.2) is 35.3 Å². The Morgan fingerprint density at radius 2 is 1.81 bits per heavy atom. The van der Waals surface area contributed by atoms with E-state index in [2.05, 4.69) is 10.2 Å². The van der Waals surface area contributed by atoms with Crippen LogP contribution in [0.2, 0.25) is 0 Å². The third kappa shape index (κ3) is 3.23. The summed E-state index contributed by atoms with van der Waals surface area (Å²) in [5, 5.41) is 4.77. The number of nitrogens with one attached hydrogen (secondary N) is 1. The Kier molecular flexibility index (Phi) is 4.69. The fourth-order valence-electron chi connectivity index (χ4n) is 7.09. The topological polar surface area (TPSA) is 63.6 Å². The number of carbonyl (C=O) groups is 1. The van der Waals surface area contributed by atoms with E-state index >= 15 is 0 Å². The van der Waals surface area contributed by atoms with Crippen LogP contribution < -0.4 is 10.9 Å². The highest BCUT2D eigenvalue weighted by atomic mass is 16.5. The van der Waals surface area contributed by atoms with Gasteiger partial charge in [0, 0.05) is 48.8 Å². The van der Waals surface area contributed by atoms with E-state index in [0.29, 0.717) is 17.8 Å². The second-order valence-corrected chi connectivity index (χ2v) is 10.2. The molecule has 4 saturated carbocycles. The molecule has 6 heteroatoms. The maximum atomic E-state index is 13.4. The first kappa shape index (κ1) is 19.5. The van der Waals surface area contributed by atoms with Crippen molar-refractivity contribution in [2.45, 2.75) is 38.6 Å². The largest absolute Gasteiger partial charge is 0.379 e. The van der Waals surface area contributed by atoms with Gasteiger partial charge in [0.25, 0.3) is 5.56 Å². The molecule has 164 valence electrons. The molecule has 1 N–H and O–H groups in total. The molecule has 1 saturated heterocycles. The molecule has 5 fully saturated rings. The summed E-state index contributed by atoms with van der Waals surface area (Å²) >= 11 is 0. The molecule has 4 bridgehead atoms. The Hall–Kier alpha value is -2.18. The van der Waals surface area contributed by atoms with E-state index in [0.717, 1.165) is 68.6 Å². The van der Waals surface area contributed by atoms with Crippen LogP contribution in [0.25, 0.3) is 10.8 Å². The van der Waals surface area contributed by atoms with Gasteiger partial charge in [0.1, 0.15) is 0 Å². The highest BCUT2D eigenvalue weighted by molar-refractivity contribution is 6.04. The Morgan fingerprint density at radius 1 is 1.03 bits per heavy atom. The third-order valence-electron chi connectivity index (χ3n) is 8.47. The summed E-state index contributed by atoms with van der Waals surface area (Å²) in [5.74, 6) is 2.23. The van der Waals surface area contributed by atoms with Crippen LogP contribution in [0.4, 0.5) is 5.69 Å². The molecular weight excluding hydrogens is 390 g/mol. The van der Waals surface area contributed by atoms with Gasteiger partial charge in [-0.05, 0) is 68.1 Å². The van der Waals surface area contributed by atoms with Gasteiger partial charge in [-0.3, -0.25) is 14.5 Å².